The summed E-state index contributed by atoms with van der Waals surface area (Å²) >= 11 is 0. The number of methoxy groups -OCH3 is 1. The van der Waals surface area contributed by atoms with E-state index in [0.717, 1.165) is 5.75 Å². The van der Waals surface area contributed by atoms with Gasteiger partial charge in [-0.2, -0.15) is 0 Å². The maximum Gasteiger partial charge on any atom is 0.315 e. The van der Waals surface area contributed by atoms with E-state index in [9.17, 15) is 14.9 Å². The zero-order chi connectivity index (χ0) is 17.4. The fourth-order valence-corrected chi connectivity index (χ4v) is 1.95. The van der Waals surface area contributed by atoms with Crippen molar-refractivity contribution in [1.82, 2.24) is 0 Å². The zero-order valence-electron chi connectivity index (χ0n) is 13.1. The number of carbonyl (C=O) groups excluding carboxylic acids is 1. The largest absolute Gasteiger partial charge is 0.496 e. The van der Waals surface area contributed by atoms with Crippen molar-refractivity contribution < 1.29 is 23.9 Å². The highest BCUT2D eigenvalue weighted by molar-refractivity contribution is 5.74. The smallest absolute Gasteiger partial charge is 0.315 e. The highest BCUT2D eigenvalue weighted by atomic mass is 16.6. The van der Waals surface area contributed by atoms with Crippen LogP contribution < -0.4 is 14.2 Å². The van der Waals surface area contributed by atoms with Gasteiger partial charge in [0.25, 0.3) is 0 Å². The number of rotatable bonds is 8. The first-order valence-electron chi connectivity index (χ1n) is 7.31. The number of nitro groups is 1. The third-order valence-corrected chi connectivity index (χ3v) is 3.12. The highest BCUT2D eigenvalue weighted by Crippen LogP contribution is 2.31. The van der Waals surface area contributed by atoms with Gasteiger partial charge >= 0.3 is 11.7 Å². The molecular formula is C17H17NO6. The normalized spacial score (nSPS) is 10.0. The molecular weight excluding hydrogens is 314 g/mol. The van der Waals surface area contributed by atoms with Gasteiger partial charge in [-0.3, -0.25) is 14.9 Å². The molecule has 0 bridgehead atoms. The van der Waals surface area contributed by atoms with E-state index in [4.69, 9.17) is 14.2 Å². The monoisotopic (exact) mass is 331 g/mol. The number of ether oxygens (including phenoxy) is 3. The van der Waals surface area contributed by atoms with Crippen LogP contribution in [0.5, 0.6) is 17.2 Å². The molecule has 0 atom stereocenters. The van der Waals surface area contributed by atoms with Crippen LogP contribution in [0.4, 0.5) is 5.69 Å². The molecule has 0 aliphatic rings. The summed E-state index contributed by atoms with van der Waals surface area (Å²) in [6.07, 6.45) is 0.535. The molecule has 0 saturated carbocycles. The number of hydrogen-bond donors (Lipinski definition) is 0. The second kappa shape index (κ2) is 8.52. The van der Waals surface area contributed by atoms with E-state index in [0.29, 0.717) is 18.8 Å². The van der Waals surface area contributed by atoms with Gasteiger partial charge in [-0.15, -0.1) is 0 Å². The van der Waals surface area contributed by atoms with E-state index in [1.54, 1.807) is 0 Å². The average Bonchev–Trinajstić information content (AvgIpc) is 2.60. The van der Waals surface area contributed by atoms with Crippen LogP contribution in [0, 0.1) is 10.1 Å². The van der Waals surface area contributed by atoms with Crippen molar-refractivity contribution in [3.05, 3.63) is 58.6 Å². The second-order valence-electron chi connectivity index (χ2n) is 4.83. The predicted octanol–water partition coefficient (Wildman–Crippen LogP) is 3.37. The van der Waals surface area contributed by atoms with Crippen molar-refractivity contribution in [2.45, 2.75) is 12.8 Å². The second-order valence-corrected chi connectivity index (χ2v) is 4.83. The molecule has 7 nitrogen and oxygen atoms in total. The van der Waals surface area contributed by atoms with E-state index >= 15 is 0 Å². The minimum Gasteiger partial charge on any atom is -0.496 e. The fourth-order valence-electron chi connectivity index (χ4n) is 1.95. The number of nitro benzene ring substituents is 1. The van der Waals surface area contributed by atoms with Crippen molar-refractivity contribution in [1.29, 1.82) is 0 Å². The Hall–Kier alpha value is -3.09. The van der Waals surface area contributed by atoms with Gasteiger partial charge in [0.05, 0.1) is 24.7 Å². The van der Waals surface area contributed by atoms with E-state index < -0.39 is 10.9 Å². The Kier molecular flexibility index (Phi) is 6.13. The summed E-state index contributed by atoms with van der Waals surface area (Å²) in [5, 5.41) is 11.0. The van der Waals surface area contributed by atoms with E-state index in [1.165, 1.54) is 25.3 Å². The van der Waals surface area contributed by atoms with E-state index in [-0.39, 0.29) is 17.9 Å². The first-order valence-corrected chi connectivity index (χ1v) is 7.31. The third-order valence-electron chi connectivity index (χ3n) is 3.12. The van der Waals surface area contributed by atoms with Gasteiger partial charge < -0.3 is 14.2 Å². The SMILES string of the molecule is COc1ccc(OC(=O)CCCOc2ccccc2)c([N+](=O)[O-])c1. The lowest BCUT2D eigenvalue weighted by Gasteiger charge is -2.07. The lowest BCUT2D eigenvalue weighted by molar-refractivity contribution is -0.385. The Morgan fingerprint density at radius 3 is 2.54 bits per heavy atom. The molecule has 0 heterocycles. The molecule has 0 fully saturated rings. The predicted molar refractivity (Wildman–Crippen MR) is 86.5 cm³/mol. The Balaban J connectivity index is 1.85. The number of para-hydroxylation sites is 1. The van der Waals surface area contributed by atoms with Gasteiger partial charge in [0.1, 0.15) is 11.5 Å². The summed E-state index contributed by atoms with van der Waals surface area (Å²) in [4.78, 5) is 22.2. The van der Waals surface area contributed by atoms with Crippen LogP contribution in [-0.2, 0) is 4.79 Å². The summed E-state index contributed by atoms with van der Waals surface area (Å²) in [5.74, 6) is 0.379. The molecule has 0 saturated heterocycles. The number of esters is 1. The summed E-state index contributed by atoms with van der Waals surface area (Å²) in [6.45, 7) is 0.351. The lowest BCUT2D eigenvalue weighted by Crippen LogP contribution is -2.11. The van der Waals surface area contributed by atoms with Crippen molar-refractivity contribution in [2.24, 2.45) is 0 Å². The Bertz CT molecular complexity index is 701. The highest BCUT2D eigenvalue weighted by Gasteiger charge is 2.19. The molecule has 2 aromatic carbocycles. The Morgan fingerprint density at radius 2 is 1.88 bits per heavy atom. The van der Waals surface area contributed by atoms with Gasteiger partial charge in [0.15, 0.2) is 0 Å². The quantitative estimate of drug-likeness (QED) is 0.242. The number of carbonyl (C=O) groups is 1. The van der Waals surface area contributed by atoms with E-state index in [2.05, 4.69) is 0 Å². The Morgan fingerprint density at radius 1 is 1.12 bits per heavy atom. The summed E-state index contributed by atoms with van der Waals surface area (Å²) in [5.41, 5.74) is -0.316. The van der Waals surface area contributed by atoms with Gasteiger partial charge in [0.2, 0.25) is 5.75 Å². The van der Waals surface area contributed by atoms with Gasteiger partial charge in [-0.25, -0.2) is 0 Å². The Labute approximate surface area is 138 Å². The van der Waals surface area contributed by atoms with Crippen LogP contribution in [-0.4, -0.2) is 24.6 Å². The van der Waals surface area contributed by atoms with Crippen LogP contribution in [0.3, 0.4) is 0 Å². The van der Waals surface area contributed by atoms with Crippen LogP contribution >= 0.6 is 0 Å². The summed E-state index contributed by atoms with van der Waals surface area (Å²) < 4.78 is 15.5. The molecule has 0 radical (unpaired) electrons. The molecule has 0 unspecified atom stereocenters. The zero-order valence-corrected chi connectivity index (χ0v) is 13.1. The van der Waals surface area contributed by atoms with Crippen LogP contribution in [0.1, 0.15) is 12.8 Å². The minimum atomic E-state index is -0.621. The average molecular weight is 331 g/mol. The molecule has 0 aliphatic carbocycles. The molecule has 0 N–H and O–H groups in total. The van der Waals surface area contributed by atoms with Gasteiger partial charge in [-0.05, 0) is 30.7 Å². The molecule has 0 spiro atoms. The number of nitrogens with zero attached hydrogens (tertiary/aromatic N) is 1. The van der Waals surface area contributed by atoms with Crippen molar-refractivity contribution in [3.63, 3.8) is 0 Å². The molecule has 2 aromatic rings. The summed E-state index contributed by atoms with van der Waals surface area (Å²) in [7, 11) is 1.40. The first-order chi connectivity index (χ1) is 11.6. The molecule has 24 heavy (non-hydrogen) atoms. The van der Waals surface area contributed by atoms with Gasteiger partial charge in [0, 0.05) is 6.42 Å². The van der Waals surface area contributed by atoms with Crippen LogP contribution in [0.2, 0.25) is 0 Å². The van der Waals surface area contributed by atoms with Crippen molar-refractivity contribution >= 4 is 11.7 Å². The number of hydrogen-bond acceptors (Lipinski definition) is 6. The maximum atomic E-state index is 11.8. The molecule has 0 aromatic heterocycles. The standard InChI is InChI=1S/C17H17NO6/c1-22-14-9-10-16(15(12-14)18(20)21)24-17(19)8-5-11-23-13-6-3-2-4-7-13/h2-4,6-7,9-10,12H,5,8,11H2,1H3. The number of benzene rings is 2. The van der Waals surface area contributed by atoms with Gasteiger partial charge in [-0.1, -0.05) is 18.2 Å². The maximum absolute atomic E-state index is 11.8. The fraction of sp³-hybridized carbons (Fsp3) is 0.235. The summed E-state index contributed by atoms with van der Waals surface area (Å²) in [6, 6.07) is 13.3. The van der Waals surface area contributed by atoms with Crippen LogP contribution in [0.25, 0.3) is 0 Å². The van der Waals surface area contributed by atoms with E-state index in [1.807, 2.05) is 30.3 Å². The molecule has 0 amide bonds. The molecule has 7 heteroatoms. The van der Waals surface area contributed by atoms with Crippen LogP contribution in [0.15, 0.2) is 48.5 Å². The molecule has 2 rings (SSSR count). The lowest BCUT2D eigenvalue weighted by atomic mass is 10.2. The minimum absolute atomic E-state index is 0.0933. The molecule has 126 valence electrons. The topological polar surface area (TPSA) is 87.9 Å². The first kappa shape index (κ1) is 17.3. The third kappa shape index (κ3) is 4.98. The van der Waals surface area contributed by atoms with Crippen molar-refractivity contribution in [2.75, 3.05) is 13.7 Å². The van der Waals surface area contributed by atoms with Crippen molar-refractivity contribution in [3.8, 4) is 17.2 Å². The molecule has 0 aliphatic heterocycles.